The first-order valence-corrected chi connectivity index (χ1v) is 5.65. The maximum Gasteiger partial charge on any atom is 0.123 e. The van der Waals surface area contributed by atoms with Crippen LogP contribution in [-0.4, -0.2) is 6.04 Å². The first-order chi connectivity index (χ1) is 7.67. The molecule has 0 aliphatic rings. The van der Waals surface area contributed by atoms with Gasteiger partial charge in [-0.15, -0.1) is 6.42 Å². The summed E-state index contributed by atoms with van der Waals surface area (Å²) in [6, 6.07) is 6.74. The van der Waals surface area contributed by atoms with Crippen LogP contribution in [0.25, 0.3) is 0 Å². The van der Waals surface area contributed by atoms with Crippen molar-refractivity contribution < 1.29 is 4.39 Å². The molecule has 1 rings (SSSR count). The van der Waals surface area contributed by atoms with Gasteiger partial charge in [0.1, 0.15) is 5.82 Å². The number of halogens is 1. The highest BCUT2D eigenvalue weighted by Gasteiger charge is 2.10. The van der Waals surface area contributed by atoms with Crippen molar-refractivity contribution in [2.45, 2.75) is 38.8 Å². The molecule has 0 heterocycles. The molecule has 0 spiro atoms. The topological polar surface area (TPSA) is 12.0 Å². The summed E-state index contributed by atoms with van der Waals surface area (Å²) >= 11 is 0. The molecule has 0 saturated heterocycles. The average molecular weight is 219 g/mol. The third-order valence-electron chi connectivity index (χ3n) is 2.60. The molecule has 0 amide bonds. The van der Waals surface area contributed by atoms with E-state index in [2.05, 4.69) is 18.2 Å². The molecule has 0 aliphatic heterocycles. The summed E-state index contributed by atoms with van der Waals surface area (Å²) in [5, 5.41) is 3.34. The molecule has 0 bridgehead atoms. The fourth-order valence-electron chi connectivity index (χ4n) is 1.65. The van der Waals surface area contributed by atoms with Gasteiger partial charge in [0.2, 0.25) is 0 Å². The van der Waals surface area contributed by atoms with E-state index in [-0.39, 0.29) is 17.9 Å². The van der Waals surface area contributed by atoms with Crippen LogP contribution < -0.4 is 5.32 Å². The standard InChI is InChI=1S/C14H18FN/c1-4-6-14(5-2)16-11(3)12-7-9-13(15)10-8-12/h2,7-11,14,16H,4,6H2,1,3H3. The minimum Gasteiger partial charge on any atom is -0.297 e. The Labute approximate surface area is 97.1 Å². The summed E-state index contributed by atoms with van der Waals surface area (Å²) in [5.74, 6) is 2.52. The number of benzene rings is 1. The summed E-state index contributed by atoms with van der Waals surface area (Å²) in [6.45, 7) is 4.14. The molecule has 1 nitrogen and oxygen atoms in total. The van der Waals surface area contributed by atoms with Gasteiger partial charge in [-0.3, -0.25) is 5.32 Å². The number of hydrogen-bond acceptors (Lipinski definition) is 1. The molecular weight excluding hydrogens is 201 g/mol. The lowest BCUT2D eigenvalue weighted by Crippen LogP contribution is -2.30. The molecule has 0 aliphatic carbocycles. The molecule has 0 radical (unpaired) electrons. The van der Waals surface area contributed by atoms with E-state index in [4.69, 9.17) is 6.42 Å². The highest BCUT2D eigenvalue weighted by atomic mass is 19.1. The summed E-state index contributed by atoms with van der Waals surface area (Å²) in [4.78, 5) is 0. The smallest absolute Gasteiger partial charge is 0.123 e. The number of nitrogens with one attached hydrogen (secondary N) is 1. The van der Waals surface area contributed by atoms with E-state index < -0.39 is 0 Å². The second-order valence-electron chi connectivity index (χ2n) is 3.95. The fraction of sp³-hybridized carbons (Fsp3) is 0.429. The van der Waals surface area contributed by atoms with Gasteiger partial charge in [-0.2, -0.15) is 0 Å². The van der Waals surface area contributed by atoms with Crippen LogP contribution in [0.4, 0.5) is 4.39 Å². The lowest BCUT2D eigenvalue weighted by molar-refractivity contribution is 0.494. The van der Waals surface area contributed by atoms with E-state index in [0.717, 1.165) is 18.4 Å². The molecule has 2 heteroatoms. The molecule has 0 aromatic heterocycles. The Morgan fingerprint density at radius 1 is 1.38 bits per heavy atom. The SMILES string of the molecule is C#CC(CCC)NC(C)c1ccc(F)cc1. The van der Waals surface area contributed by atoms with Gasteiger partial charge in [-0.1, -0.05) is 31.4 Å². The zero-order valence-corrected chi connectivity index (χ0v) is 9.83. The first kappa shape index (κ1) is 12.7. The second-order valence-corrected chi connectivity index (χ2v) is 3.95. The molecule has 1 aromatic carbocycles. The van der Waals surface area contributed by atoms with Gasteiger partial charge < -0.3 is 0 Å². The van der Waals surface area contributed by atoms with E-state index in [1.54, 1.807) is 12.1 Å². The van der Waals surface area contributed by atoms with Gasteiger partial charge >= 0.3 is 0 Å². The highest BCUT2D eigenvalue weighted by Crippen LogP contribution is 2.14. The van der Waals surface area contributed by atoms with Crippen molar-refractivity contribution in [1.82, 2.24) is 5.32 Å². The van der Waals surface area contributed by atoms with Crippen LogP contribution in [0, 0.1) is 18.2 Å². The second kappa shape index (κ2) is 6.30. The third kappa shape index (κ3) is 3.67. The first-order valence-electron chi connectivity index (χ1n) is 5.65. The molecule has 2 unspecified atom stereocenters. The van der Waals surface area contributed by atoms with Gasteiger partial charge in [0, 0.05) is 6.04 Å². The largest absolute Gasteiger partial charge is 0.297 e. The number of terminal acetylenes is 1. The van der Waals surface area contributed by atoms with E-state index in [1.807, 2.05) is 6.92 Å². The third-order valence-corrected chi connectivity index (χ3v) is 2.60. The van der Waals surface area contributed by atoms with Crippen LogP contribution in [0.5, 0.6) is 0 Å². The van der Waals surface area contributed by atoms with Crippen LogP contribution >= 0.6 is 0 Å². The average Bonchev–Trinajstić information content (AvgIpc) is 2.29. The predicted octanol–water partition coefficient (Wildman–Crippen LogP) is 3.28. The van der Waals surface area contributed by atoms with Crippen molar-refractivity contribution in [2.75, 3.05) is 0 Å². The Hall–Kier alpha value is -1.33. The maximum atomic E-state index is 12.7. The minimum atomic E-state index is -0.210. The molecule has 2 atom stereocenters. The Morgan fingerprint density at radius 2 is 2.00 bits per heavy atom. The monoisotopic (exact) mass is 219 g/mol. The van der Waals surface area contributed by atoms with Crippen LogP contribution in [0.1, 0.15) is 38.3 Å². The van der Waals surface area contributed by atoms with Gasteiger partial charge in [0.25, 0.3) is 0 Å². The zero-order chi connectivity index (χ0) is 12.0. The van der Waals surface area contributed by atoms with E-state index >= 15 is 0 Å². The van der Waals surface area contributed by atoms with Crippen LogP contribution in [0.3, 0.4) is 0 Å². The van der Waals surface area contributed by atoms with Crippen molar-refractivity contribution >= 4 is 0 Å². The summed E-state index contributed by atoms with van der Waals surface area (Å²) in [6.07, 6.45) is 7.45. The molecule has 0 saturated carbocycles. The maximum absolute atomic E-state index is 12.7. The Morgan fingerprint density at radius 3 is 2.50 bits per heavy atom. The van der Waals surface area contributed by atoms with E-state index in [9.17, 15) is 4.39 Å². The van der Waals surface area contributed by atoms with E-state index in [1.165, 1.54) is 12.1 Å². The lowest BCUT2D eigenvalue weighted by Gasteiger charge is -2.19. The van der Waals surface area contributed by atoms with Gasteiger partial charge in [0.15, 0.2) is 0 Å². The summed E-state index contributed by atoms with van der Waals surface area (Å²) < 4.78 is 12.7. The Balaban J connectivity index is 2.61. The molecule has 16 heavy (non-hydrogen) atoms. The number of rotatable bonds is 5. The molecule has 86 valence electrons. The van der Waals surface area contributed by atoms with Crippen LogP contribution in [-0.2, 0) is 0 Å². The molecular formula is C14H18FN. The molecule has 1 aromatic rings. The number of hydrogen-bond donors (Lipinski definition) is 1. The fourth-order valence-corrected chi connectivity index (χ4v) is 1.65. The van der Waals surface area contributed by atoms with Crippen molar-refractivity contribution in [3.63, 3.8) is 0 Å². The molecule has 0 fully saturated rings. The summed E-state index contributed by atoms with van der Waals surface area (Å²) in [7, 11) is 0. The van der Waals surface area contributed by atoms with Gasteiger partial charge in [0.05, 0.1) is 6.04 Å². The van der Waals surface area contributed by atoms with Crippen LogP contribution in [0.15, 0.2) is 24.3 Å². The van der Waals surface area contributed by atoms with Crippen molar-refractivity contribution in [1.29, 1.82) is 0 Å². The lowest BCUT2D eigenvalue weighted by atomic mass is 10.1. The van der Waals surface area contributed by atoms with Crippen molar-refractivity contribution in [3.05, 3.63) is 35.6 Å². The predicted molar refractivity (Wildman–Crippen MR) is 65.5 cm³/mol. The highest BCUT2D eigenvalue weighted by molar-refractivity contribution is 5.20. The van der Waals surface area contributed by atoms with Gasteiger partial charge in [-0.05, 0) is 31.0 Å². The normalized spacial score (nSPS) is 14.1. The quantitative estimate of drug-likeness (QED) is 0.749. The van der Waals surface area contributed by atoms with Crippen LogP contribution in [0.2, 0.25) is 0 Å². The zero-order valence-electron chi connectivity index (χ0n) is 9.83. The summed E-state index contributed by atoms with van der Waals surface area (Å²) in [5.41, 5.74) is 1.05. The van der Waals surface area contributed by atoms with Gasteiger partial charge in [-0.25, -0.2) is 4.39 Å². The minimum absolute atomic E-state index is 0.0880. The Bertz CT molecular complexity index is 350. The molecule has 1 N–H and O–H groups in total. The Kier molecular flexibility index (Phi) is 5.01. The van der Waals surface area contributed by atoms with Crippen molar-refractivity contribution in [2.24, 2.45) is 0 Å². The van der Waals surface area contributed by atoms with E-state index in [0.29, 0.717) is 0 Å². The van der Waals surface area contributed by atoms with Crippen molar-refractivity contribution in [3.8, 4) is 12.3 Å².